The van der Waals surface area contributed by atoms with Crippen LogP contribution in [0.5, 0.6) is 5.75 Å². The number of methoxy groups -OCH3 is 2. The van der Waals surface area contributed by atoms with Gasteiger partial charge in [0.1, 0.15) is 5.75 Å². The van der Waals surface area contributed by atoms with E-state index in [-0.39, 0.29) is 6.03 Å². The number of carbonyl (C=O) groups is 1. The number of imidazole rings is 1. The fourth-order valence-corrected chi connectivity index (χ4v) is 2.52. The van der Waals surface area contributed by atoms with Crippen LogP contribution in [-0.4, -0.2) is 43.0 Å². The number of hydrogen-bond donors (Lipinski definition) is 2. The van der Waals surface area contributed by atoms with Gasteiger partial charge in [0, 0.05) is 25.8 Å². The summed E-state index contributed by atoms with van der Waals surface area (Å²) < 4.78 is 12.4. The van der Waals surface area contributed by atoms with E-state index in [0.717, 1.165) is 23.4 Å². The third-order valence-electron chi connectivity index (χ3n) is 3.97. The fraction of sp³-hybridized carbons (Fsp3) is 0.474. The molecule has 7 nitrogen and oxygen atoms in total. The van der Waals surface area contributed by atoms with Gasteiger partial charge >= 0.3 is 6.03 Å². The predicted octanol–water partition coefficient (Wildman–Crippen LogP) is 3.37. The largest absolute Gasteiger partial charge is 0.497 e. The molecule has 26 heavy (non-hydrogen) atoms. The summed E-state index contributed by atoms with van der Waals surface area (Å²) in [5.41, 5.74) is 1.85. The number of rotatable bonds is 9. The molecule has 1 heterocycles. The highest BCUT2D eigenvalue weighted by molar-refractivity contribution is 5.88. The SMILES string of the molecule is COCCn1c(-c2cccc(OC)c2)cnc1NC(=O)NCCC(C)C. The van der Waals surface area contributed by atoms with Gasteiger partial charge < -0.3 is 19.4 Å². The summed E-state index contributed by atoms with van der Waals surface area (Å²) in [6, 6.07) is 7.48. The molecular formula is C19H28N4O3. The van der Waals surface area contributed by atoms with Gasteiger partial charge in [0.15, 0.2) is 0 Å². The molecule has 0 bridgehead atoms. The van der Waals surface area contributed by atoms with Crippen LogP contribution in [-0.2, 0) is 11.3 Å². The molecule has 0 saturated carbocycles. The zero-order valence-electron chi connectivity index (χ0n) is 15.9. The molecule has 142 valence electrons. The van der Waals surface area contributed by atoms with Crippen molar-refractivity contribution < 1.29 is 14.3 Å². The van der Waals surface area contributed by atoms with Gasteiger partial charge in [0.2, 0.25) is 5.95 Å². The molecule has 1 aromatic carbocycles. The average molecular weight is 360 g/mol. The van der Waals surface area contributed by atoms with Crippen molar-refractivity contribution in [3.63, 3.8) is 0 Å². The Hall–Kier alpha value is -2.54. The van der Waals surface area contributed by atoms with Crippen molar-refractivity contribution in [1.82, 2.24) is 14.9 Å². The van der Waals surface area contributed by atoms with Gasteiger partial charge in [-0.25, -0.2) is 9.78 Å². The summed E-state index contributed by atoms with van der Waals surface area (Å²) in [5.74, 6) is 1.79. The van der Waals surface area contributed by atoms with E-state index in [1.807, 2.05) is 28.8 Å². The molecule has 2 rings (SSSR count). The molecule has 0 aliphatic carbocycles. The highest BCUT2D eigenvalue weighted by Crippen LogP contribution is 2.26. The first-order chi connectivity index (χ1) is 12.5. The number of hydrogen-bond acceptors (Lipinski definition) is 4. The van der Waals surface area contributed by atoms with Crippen LogP contribution in [0.2, 0.25) is 0 Å². The number of benzene rings is 1. The minimum absolute atomic E-state index is 0.257. The Balaban J connectivity index is 2.18. The Labute approximate surface area is 154 Å². The second-order valence-electron chi connectivity index (χ2n) is 6.41. The van der Waals surface area contributed by atoms with Crippen LogP contribution in [0.4, 0.5) is 10.7 Å². The van der Waals surface area contributed by atoms with Crippen molar-refractivity contribution >= 4 is 12.0 Å². The monoisotopic (exact) mass is 360 g/mol. The normalized spacial score (nSPS) is 10.8. The first-order valence-electron chi connectivity index (χ1n) is 8.79. The summed E-state index contributed by atoms with van der Waals surface area (Å²) >= 11 is 0. The van der Waals surface area contributed by atoms with E-state index in [9.17, 15) is 4.79 Å². The van der Waals surface area contributed by atoms with Crippen molar-refractivity contribution in [2.24, 2.45) is 5.92 Å². The van der Waals surface area contributed by atoms with Crippen LogP contribution in [0.15, 0.2) is 30.5 Å². The molecule has 0 aliphatic heterocycles. The molecule has 0 saturated heterocycles. The molecule has 0 spiro atoms. The molecule has 1 aromatic heterocycles. The lowest BCUT2D eigenvalue weighted by Gasteiger charge is -2.13. The molecule has 7 heteroatoms. The number of nitrogens with one attached hydrogen (secondary N) is 2. The third-order valence-corrected chi connectivity index (χ3v) is 3.97. The molecular weight excluding hydrogens is 332 g/mol. The Kier molecular flexibility index (Phi) is 7.47. The lowest BCUT2D eigenvalue weighted by atomic mass is 10.1. The van der Waals surface area contributed by atoms with Crippen molar-refractivity contribution in [1.29, 1.82) is 0 Å². The average Bonchev–Trinajstić information content (AvgIpc) is 3.02. The maximum atomic E-state index is 12.1. The maximum absolute atomic E-state index is 12.1. The van der Waals surface area contributed by atoms with Crippen LogP contribution in [0.25, 0.3) is 11.3 Å². The molecule has 0 atom stereocenters. The molecule has 2 amide bonds. The zero-order chi connectivity index (χ0) is 18.9. The van der Waals surface area contributed by atoms with E-state index in [1.54, 1.807) is 20.4 Å². The molecule has 0 unspecified atom stereocenters. The van der Waals surface area contributed by atoms with E-state index in [0.29, 0.717) is 31.6 Å². The van der Waals surface area contributed by atoms with Crippen molar-refractivity contribution in [3.05, 3.63) is 30.5 Å². The van der Waals surface area contributed by atoms with Crippen LogP contribution in [0.3, 0.4) is 0 Å². The third kappa shape index (κ3) is 5.49. The Morgan fingerprint density at radius 1 is 1.31 bits per heavy atom. The van der Waals surface area contributed by atoms with Gasteiger partial charge in [-0.15, -0.1) is 0 Å². The van der Waals surface area contributed by atoms with Gasteiger partial charge in [0.25, 0.3) is 0 Å². The standard InChI is InChI=1S/C19H28N4O3/c1-14(2)8-9-20-19(24)22-18-21-13-17(23(18)10-11-25-3)15-6-5-7-16(12-15)26-4/h5-7,12-14H,8-11H2,1-4H3,(H2,20,21,22,24). The molecule has 2 aromatic rings. The van der Waals surface area contributed by atoms with Crippen LogP contribution < -0.4 is 15.4 Å². The van der Waals surface area contributed by atoms with Crippen LogP contribution in [0, 0.1) is 5.92 Å². The molecule has 0 aliphatic rings. The quantitative estimate of drug-likeness (QED) is 0.719. The number of nitrogens with zero attached hydrogens (tertiary/aromatic N) is 2. The fourth-order valence-electron chi connectivity index (χ4n) is 2.52. The van der Waals surface area contributed by atoms with E-state index in [4.69, 9.17) is 9.47 Å². The Morgan fingerprint density at radius 2 is 2.12 bits per heavy atom. The van der Waals surface area contributed by atoms with Gasteiger partial charge in [-0.1, -0.05) is 26.0 Å². The zero-order valence-corrected chi connectivity index (χ0v) is 15.9. The minimum Gasteiger partial charge on any atom is -0.497 e. The van der Waals surface area contributed by atoms with Gasteiger partial charge in [-0.3, -0.25) is 5.32 Å². The summed E-state index contributed by atoms with van der Waals surface area (Å²) in [6.45, 7) is 5.96. The lowest BCUT2D eigenvalue weighted by molar-refractivity contribution is 0.188. The highest BCUT2D eigenvalue weighted by atomic mass is 16.5. The lowest BCUT2D eigenvalue weighted by Crippen LogP contribution is -2.31. The molecule has 2 N–H and O–H groups in total. The van der Waals surface area contributed by atoms with E-state index in [1.165, 1.54) is 0 Å². The predicted molar refractivity (Wildman–Crippen MR) is 103 cm³/mol. The van der Waals surface area contributed by atoms with Crippen molar-refractivity contribution in [2.75, 3.05) is 32.7 Å². The first-order valence-corrected chi connectivity index (χ1v) is 8.79. The summed E-state index contributed by atoms with van der Waals surface area (Å²) in [5, 5.41) is 5.69. The second kappa shape index (κ2) is 9.82. The smallest absolute Gasteiger partial charge is 0.321 e. The minimum atomic E-state index is -0.257. The topological polar surface area (TPSA) is 77.4 Å². The second-order valence-corrected chi connectivity index (χ2v) is 6.41. The number of anilines is 1. The van der Waals surface area contributed by atoms with Crippen LogP contribution >= 0.6 is 0 Å². The number of amides is 2. The Bertz CT molecular complexity index is 713. The number of urea groups is 1. The Morgan fingerprint density at radius 3 is 2.81 bits per heavy atom. The maximum Gasteiger partial charge on any atom is 0.321 e. The highest BCUT2D eigenvalue weighted by Gasteiger charge is 2.14. The van der Waals surface area contributed by atoms with Crippen molar-refractivity contribution in [2.45, 2.75) is 26.8 Å². The summed E-state index contributed by atoms with van der Waals surface area (Å²) in [4.78, 5) is 16.5. The first kappa shape index (κ1) is 19.8. The molecule has 0 fully saturated rings. The number of carbonyl (C=O) groups excluding carboxylic acids is 1. The number of aromatic nitrogens is 2. The van der Waals surface area contributed by atoms with Gasteiger partial charge in [-0.2, -0.15) is 0 Å². The van der Waals surface area contributed by atoms with E-state index < -0.39 is 0 Å². The number of ether oxygens (including phenoxy) is 2. The van der Waals surface area contributed by atoms with Gasteiger partial charge in [-0.05, 0) is 24.5 Å². The van der Waals surface area contributed by atoms with Gasteiger partial charge in [0.05, 0.1) is 25.6 Å². The summed E-state index contributed by atoms with van der Waals surface area (Å²) in [6.07, 6.45) is 2.68. The molecule has 0 radical (unpaired) electrons. The van der Waals surface area contributed by atoms with E-state index in [2.05, 4.69) is 29.5 Å². The van der Waals surface area contributed by atoms with Crippen LogP contribution in [0.1, 0.15) is 20.3 Å². The van der Waals surface area contributed by atoms with E-state index >= 15 is 0 Å². The van der Waals surface area contributed by atoms with Crippen molar-refractivity contribution in [3.8, 4) is 17.0 Å². The summed E-state index contributed by atoms with van der Waals surface area (Å²) in [7, 11) is 3.28.